The standard InChI is InChI=1S/C9H20N2O2/c1-2-9(13)11-8(7-12)5-3-4-6-10/h8,12H,2-7,10H2,1H3,(H,11,13)/t8-/m0/s1. The van der Waals surface area contributed by atoms with Gasteiger partial charge in [-0.15, -0.1) is 0 Å². The number of rotatable bonds is 7. The number of hydrogen-bond acceptors (Lipinski definition) is 3. The van der Waals surface area contributed by atoms with Crippen LogP contribution in [0.5, 0.6) is 0 Å². The Kier molecular flexibility index (Phi) is 7.63. The van der Waals surface area contributed by atoms with Gasteiger partial charge in [0.15, 0.2) is 0 Å². The summed E-state index contributed by atoms with van der Waals surface area (Å²) in [5.74, 6) is -0.00759. The molecule has 0 bridgehead atoms. The third kappa shape index (κ3) is 6.54. The lowest BCUT2D eigenvalue weighted by Crippen LogP contribution is -2.37. The molecule has 4 heteroatoms. The summed E-state index contributed by atoms with van der Waals surface area (Å²) in [6.45, 7) is 2.47. The third-order valence-electron chi connectivity index (χ3n) is 1.91. The zero-order chi connectivity index (χ0) is 10.1. The molecule has 1 atom stereocenters. The van der Waals surface area contributed by atoms with Gasteiger partial charge in [0.2, 0.25) is 5.91 Å². The summed E-state index contributed by atoms with van der Waals surface area (Å²) in [6, 6.07) is -0.0981. The summed E-state index contributed by atoms with van der Waals surface area (Å²) < 4.78 is 0. The van der Waals surface area contributed by atoms with Gasteiger partial charge in [-0.25, -0.2) is 0 Å². The van der Waals surface area contributed by atoms with Crippen LogP contribution in [0.15, 0.2) is 0 Å². The van der Waals surface area contributed by atoms with Crippen LogP contribution in [0.1, 0.15) is 32.6 Å². The topological polar surface area (TPSA) is 75.3 Å². The van der Waals surface area contributed by atoms with E-state index in [-0.39, 0.29) is 18.6 Å². The van der Waals surface area contributed by atoms with Crippen molar-refractivity contribution in [3.05, 3.63) is 0 Å². The summed E-state index contributed by atoms with van der Waals surface area (Å²) >= 11 is 0. The fourth-order valence-electron chi connectivity index (χ4n) is 1.07. The van der Waals surface area contributed by atoms with Crippen LogP contribution in [0.3, 0.4) is 0 Å². The highest BCUT2D eigenvalue weighted by atomic mass is 16.3. The molecule has 0 aliphatic carbocycles. The number of nitrogens with one attached hydrogen (secondary N) is 1. The highest BCUT2D eigenvalue weighted by molar-refractivity contribution is 5.75. The van der Waals surface area contributed by atoms with E-state index in [9.17, 15) is 4.79 Å². The molecule has 0 aromatic carbocycles. The quantitative estimate of drug-likeness (QED) is 0.492. The van der Waals surface area contributed by atoms with Gasteiger partial charge in [-0.1, -0.05) is 13.3 Å². The van der Waals surface area contributed by atoms with E-state index in [0.29, 0.717) is 13.0 Å². The molecule has 4 nitrogen and oxygen atoms in total. The van der Waals surface area contributed by atoms with Gasteiger partial charge < -0.3 is 16.2 Å². The van der Waals surface area contributed by atoms with Gasteiger partial charge in [0.05, 0.1) is 12.6 Å². The van der Waals surface area contributed by atoms with Crippen LogP contribution in [0, 0.1) is 0 Å². The van der Waals surface area contributed by atoms with Crippen molar-refractivity contribution in [2.45, 2.75) is 38.6 Å². The molecule has 0 heterocycles. The molecule has 13 heavy (non-hydrogen) atoms. The smallest absolute Gasteiger partial charge is 0.220 e. The Morgan fingerprint density at radius 1 is 1.54 bits per heavy atom. The first-order valence-electron chi connectivity index (χ1n) is 4.84. The predicted molar refractivity (Wildman–Crippen MR) is 52.2 cm³/mol. The van der Waals surface area contributed by atoms with Crippen molar-refractivity contribution < 1.29 is 9.90 Å². The number of unbranched alkanes of at least 4 members (excludes halogenated alkanes) is 1. The average molecular weight is 188 g/mol. The molecule has 0 saturated heterocycles. The van der Waals surface area contributed by atoms with Crippen molar-refractivity contribution in [2.75, 3.05) is 13.2 Å². The van der Waals surface area contributed by atoms with Crippen LogP contribution in [0.2, 0.25) is 0 Å². The molecule has 0 spiro atoms. The molecule has 0 radical (unpaired) electrons. The second-order valence-electron chi connectivity index (χ2n) is 3.09. The first-order valence-corrected chi connectivity index (χ1v) is 4.84. The van der Waals surface area contributed by atoms with Gasteiger partial charge in [0.25, 0.3) is 0 Å². The largest absolute Gasteiger partial charge is 0.394 e. The molecular weight excluding hydrogens is 168 g/mol. The highest BCUT2D eigenvalue weighted by Crippen LogP contribution is 1.99. The van der Waals surface area contributed by atoms with Crippen LogP contribution in [-0.4, -0.2) is 30.2 Å². The molecule has 0 aliphatic heterocycles. The van der Waals surface area contributed by atoms with Gasteiger partial charge >= 0.3 is 0 Å². The average Bonchev–Trinajstić information content (AvgIpc) is 2.16. The van der Waals surface area contributed by atoms with Crippen molar-refractivity contribution >= 4 is 5.91 Å². The van der Waals surface area contributed by atoms with Crippen LogP contribution in [0.25, 0.3) is 0 Å². The number of amides is 1. The van der Waals surface area contributed by atoms with E-state index in [4.69, 9.17) is 10.8 Å². The predicted octanol–water partition coefficient (Wildman–Crippen LogP) is 0.00250. The van der Waals surface area contributed by atoms with Crippen molar-refractivity contribution in [1.82, 2.24) is 5.32 Å². The Morgan fingerprint density at radius 2 is 2.23 bits per heavy atom. The van der Waals surface area contributed by atoms with Crippen LogP contribution < -0.4 is 11.1 Å². The fourth-order valence-corrected chi connectivity index (χ4v) is 1.07. The Bertz CT molecular complexity index is 140. The minimum atomic E-state index is -0.0981. The lowest BCUT2D eigenvalue weighted by atomic mass is 10.1. The maximum atomic E-state index is 11.0. The molecule has 0 fully saturated rings. The number of carbonyl (C=O) groups excluding carboxylic acids is 1. The minimum Gasteiger partial charge on any atom is -0.394 e. The van der Waals surface area contributed by atoms with Gasteiger partial charge in [-0.3, -0.25) is 4.79 Å². The second kappa shape index (κ2) is 8.01. The lowest BCUT2D eigenvalue weighted by molar-refractivity contribution is -0.121. The molecule has 4 N–H and O–H groups in total. The molecule has 0 unspecified atom stereocenters. The van der Waals surface area contributed by atoms with Crippen molar-refractivity contribution in [3.63, 3.8) is 0 Å². The number of aliphatic hydroxyl groups excluding tert-OH is 1. The Labute approximate surface area is 79.5 Å². The van der Waals surface area contributed by atoms with E-state index in [0.717, 1.165) is 19.3 Å². The number of nitrogens with two attached hydrogens (primary N) is 1. The Morgan fingerprint density at radius 3 is 2.69 bits per heavy atom. The molecule has 0 saturated carbocycles. The first-order chi connectivity index (χ1) is 6.24. The normalized spacial score (nSPS) is 12.5. The van der Waals surface area contributed by atoms with Gasteiger partial charge in [-0.05, 0) is 19.4 Å². The summed E-state index contributed by atoms with van der Waals surface area (Å²) in [6.07, 6.45) is 3.16. The highest BCUT2D eigenvalue weighted by Gasteiger charge is 2.08. The zero-order valence-electron chi connectivity index (χ0n) is 8.25. The van der Waals surface area contributed by atoms with Gasteiger partial charge in [0, 0.05) is 6.42 Å². The number of aliphatic hydroxyl groups is 1. The maximum Gasteiger partial charge on any atom is 0.220 e. The zero-order valence-corrected chi connectivity index (χ0v) is 8.25. The van der Waals surface area contributed by atoms with Crippen molar-refractivity contribution in [3.8, 4) is 0 Å². The van der Waals surface area contributed by atoms with Crippen molar-refractivity contribution in [1.29, 1.82) is 0 Å². The molecule has 1 amide bonds. The van der Waals surface area contributed by atoms with E-state index in [2.05, 4.69) is 5.32 Å². The third-order valence-corrected chi connectivity index (χ3v) is 1.91. The van der Waals surface area contributed by atoms with Gasteiger partial charge in [-0.2, -0.15) is 0 Å². The van der Waals surface area contributed by atoms with E-state index in [1.165, 1.54) is 0 Å². The van der Waals surface area contributed by atoms with E-state index in [1.807, 2.05) is 0 Å². The summed E-state index contributed by atoms with van der Waals surface area (Å²) in [7, 11) is 0. The van der Waals surface area contributed by atoms with E-state index >= 15 is 0 Å². The molecule has 78 valence electrons. The molecule has 0 aromatic rings. The number of hydrogen-bond donors (Lipinski definition) is 3. The lowest BCUT2D eigenvalue weighted by Gasteiger charge is -2.15. The molecule has 0 aromatic heterocycles. The monoisotopic (exact) mass is 188 g/mol. The molecule has 0 rings (SSSR count). The first kappa shape index (κ1) is 12.4. The van der Waals surface area contributed by atoms with Crippen molar-refractivity contribution in [2.24, 2.45) is 5.73 Å². The maximum absolute atomic E-state index is 11.0. The Balaban J connectivity index is 3.56. The Hall–Kier alpha value is -0.610. The summed E-state index contributed by atoms with van der Waals surface area (Å²) in [5, 5.41) is 11.7. The summed E-state index contributed by atoms with van der Waals surface area (Å²) in [5.41, 5.74) is 5.33. The minimum absolute atomic E-state index is 0.00759. The SMILES string of the molecule is CCC(=O)N[C@H](CO)CCCCN. The van der Waals surface area contributed by atoms with Crippen LogP contribution >= 0.6 is 0 Å². The van der Waals surface area contributed by atoms with E-state index in [1.54, 1.807) is 6.92 Å². The van der Waals surface area contributed by atoms with E-state index < -0.39 is 0 Å². The van der Waals surface area contributed by atoms with Gasteiger partial charge in [0.1, 0.15) is 0 Å². The summed E-state index contributed by atoms with van der Waals surface area (Å²) in [4.78, 5) is 11.0. The molecular formula is C9H20N2O2. The van der Waals surface area contributed by atoms with Crippen LogP contribution in [-0.2, 0) is 4.79 Å². The second-order valence-corrected chi connectivity index (χ2v) is 3.09. The van der Waals surface area contributed by atoms with Crippen LogP contribution in [0.4, 0.5) is 0 Å². The molecule has 0 aliphatic rings. The fraction of sp³-hybridized carbons (Fsp3) is 0.889. The number of carbonyl (C=O) groups is 1.